The fraction of sp³-hybridized carbons (Fsp3) is 0. The van der Waals surface area contributed by atoms with Crippen molar-refractivity contribution in [2.45, 2.75) is 0 Å². The second kappa shape index (κ2) is 8.53. The number of halogens is 1. The molecule has 1 amide bonds. The Hall–Kier alpha value is -4.16. The average molecular weight is 442 g/mol. The van der Waals surface area contributed by atoms with Crippen molar-refractivity contribution in [1.82, 2.24) is 10.2 Å². The summed E-state index contributed by atoms with van der Waals surface area (Å²) in [7, 11) is 0. The van der Waals surface area contributed by atoms with Crippen molar-refractivity contribution in [3.8, 4) is 33.9 Å². The zero-order chi connectivity index (χ0) is 21.9. The molecule has 0 saturated carbocycles. The molecule has 0 unspecified atom stereocenters. The van der Waals surface area contributed by atoms with Crippen LogP contribution in [0.4, 0.5) is 6.01 Å². The lowest BCUT2D eigenvalue weighted by Gasteiger charge is -2.07. The minimum absolute atomic E-state index is 0.000814. The van der Waals surface area contributed by atoms with E-state index in [1.54, 1.807) is 18.2 Å². The summed E-state index contributed by atoms with van der Waals surface area (Å²) in [6.45, 7) is 0. The van der Waals surface area contributed by atoms with Gasteiger partial charge >= 0.3 is 6.01 Å². The van der Waals surface area contributed by atoms with Crippen molar-refractivity contribution >= 4 is 23.5 Å². The van der Waals surface area contributed by atoms with Crippen LogP contribution in [-0.2, 0) is 0 Å². The van der Waals surface area contributed by atoms with Gasteiger partial charge in [0.15, 0.2) is 5.76 Å². The fourth-order valence-electron chi connectivity index (χ4n) is 3.28. The van der Waals surface area contributed by atoms with Crippen LogP contribution in [0.25, 0.3) is 33.9 Å². The number of carbonyl (C=O) groups is 1. The molecule has 5 rings (SSSR count). The van der Waals surface area contributed by atoms with Gasteiger partial charge in [-0.3, -0.25) is 10.1 Å². The van der Waals surface area contributed by atoms with Gasteiger partial charge in [-0.2, -0.15) is 0 Å². The minimum atomic E-state index is -0.348. The third kappa shape index (κ3) is 4.17. The molecule has 1 N–H and O–H groups in total. The highest BCUT2D eigenvalue weighted by molar-refractivity contribution is 6.30. The van der Waals surface area contributed by atoms with Crippen LogP contribution in [0.15, 0.2) is 100 Å². The lowest BCUT2D eigenvalue weighted by Crippen LogP contribution is -2.12. The van der Waals surface area contributed by atoms with Gasteiger partial charge in [0, 0.05) is 10.6 Å². The Morgan fingerprint density at radius 2 is 1.47 bits per heavy atom. The summed E-state index contributed by atoms with van der Waals surface area (Å²) in [5.41, 5.74) is 4.56. The largest absolute Gasteiger partial charge is 0.459 e. The van der Waals surface area contributed by atoms with E-state index in [1.807, 2.05) is 66.7 Å². The molecule has 2 heterocycles. The van der Waals surface area contributed by atoms with Gasteiger partial charge in [0.1, 0.15) is 0 Å². The van der Waals surface area contributed by atoms with Crippen LogP contribution >= 0.6 is 11.6 Å². The molecule has 2 aromatic heterocycles. The van der Waals surface area contributed by atoms with Crippen LogP contribution in [0.1, 0.15) is 10.4 Å². The van der Waals surface area contributed by atoms with Gasteiger partial charge in [0.2, 0.25) is 0 Å². The number of hydrogen-bond donors (Lipinski definition) is 1. The maximum Gasteiger partial charge on any atom is 0.322 e. The van der Waals surface area contributed by atoms with Crippen LogP contribution in [0.3, 0.4) is 0 Å². The van der Waals surface area contributed by atoms with Crippen LogP contribution in [0.5, 0.6) is 0 Å². The molecular weight excluding hydrogens is 426 g/mol. The van der Waals surface area contributed by atoms with Crippen LogP contribution in [0, 0.1) is 0 Å². The third-order valence-corrected chi connectivity index (χ3v) is 5.15. The Balaban J connectivity index is 1.33. The number of furan rings is 1. The Labute approximate surface area is 188 Å². The van der Waals surface area contributed by atoms with Crippen molar-refractivity contribution in [3.05, 3.63) is 102 Å². The van der Waals surface area contributed by atoms with E-state index in [2.05, 4.69) is 15.5 Å². The zero-order valence-electron chi connectivity index (χ0n) is 16.7. The van der Waals surface area contributed by atoms with Crippen molar-refractivity contribution in [3.63, 3.8) is 0 Å². The van der Waals surface area contributed by atoms with E-state index in [9.17, 15) is 4.79 Å². The van der Waals surface area contributed by atoms with Gasteiger partial charge in [-0.25, -0.2) is 0 Å². The van der Waals surface area contributed by atoms with Crippen LogP contribution in [0.2, 0.25) is 5.02 Å². The number of amides is 1. The molecule has 6 nitrogen and oxygen atoms in total. The topological polar surface area (TPSA) is 81.2 Å². The first kappa shape index (κ1) is 19.8. The molecule has 0 saturated heterocycles. The van der Waals surface area contributed by atoms with E-state index < -0.39 is 0 Å². The number of rotatable bonds is 5. The number of nitrogens with zero attached hydrogens (tertiary/aromatic N) is 2. The third-order valence-electron chi connectivity index (χ3n) is 4.90. The Morgan fingerprint density at radius 1 is 0.781 bits per heavy atom. The molecule has 0 bridgehead atoms. The minimum Gasteiger partial charge on any atom is -0.459 e. The molecule has 0 aliphatic heterocycles. The lowest BCUT2D eigenvalue weighted by atomic mass is 9.99. The molecule has 5 aromatic rings. The summed E-state index contributed by atoms with van der Waals surface area (Å²) in [6.07, 6.45) is 1.51. The predicted molar refractivity (Wildman–Crippen MR) is 122 cm³/mol. The van der Waals surface area contributed by atoms with Crippen molar-refractivity contribution < 1.29 is 13.6 Å². The second-order valence-corrected chi connectivity index (χ2v) is 7.45. The highest BCUT2D eigenvalue weighted by Gasteiger charge is 2.14. The average Bonchev–Trinajstić information content (AvgIpc) is 3.52. The first-order valence-corrected chi connectivity index (χ1v) is 10.2. The Kier molecular flexibility index (Phi) is 5.27. The van der Waals surface area contributed by atoms with Crippen LogP contribution in [-0.4, -0.2) is 16.1 Å². The summed E-state index contributed by atoms with van der Waals surface area (Å²) in [4.78, 5) is 12.7. The summed E-state index contributed by atoms with van der Waals surface area (Å²) in [6, 6.07) is 26.6. The number of hydrogen-bond acceptors (Lipinski definition) is 5. The molecule has 3 aromatic carbocycles. The molecule has 0 aliphatic carbocycles. The van der Waals surface area contributed by atoms with Crippen LogP contribution < -0.4 is 5.32 Å². The van der Waals surface area contributed by atoms with Crippen molar-refractivity contribution in [1.29, 1.82) is 0 Å². The first-order chi connectivity index (χ1) is 15.7. The highest BCUT2D eigenvalue weighted by atomic mass is 35.5. The standard InChI is InChI=1S/C25H16ClN3O3/c26-21-12-10-17(11-13-21)16-6-8-18(9-7-16)19-3-1-4-20(15-19)23(30)27-25-29-28-24(32-25)22-5-2-14-31-22/h1-15H,(H,27,29,30). The van der Waals surface area contributed by atoms with E-state index in [0.29, 0.717) is 16.3 Å². The Bertz CT molecular complexity index is 1360. The molecule has 0 aliphatic rings. The smallest absolute Gasteiger partial charge is 0.322 e. The Morgan fingerprint density at radius 3 is 2.16 bits per heavy atom. The number of anilines is 1. The number of benzene rings is 3. The normalized spacial score (nSPS) is 10.8. The van der Waals surface area contributed by atoms with Gasteiger partial charge in [0.05, 0.1) is 6.26 Å². The van der Waals surface area contributed by atoms with Gasteiger partial charge in [-0.1, -0.05) is 65.2 Å². The number of carbonyl (C=O) groups excluding carboxylic acids is 1. The first-order valence-electron chi connectivity index (χ1n) is 9.81. The summed E-state index contributed by atoms with van der Waals surface area (Å²) >= 11 is 5.97. The summed E-state index contributed by atoms with van der Waals surface area (Å²) < 4.78 is 10.7. The van der Waals surface area contributed by atoms with E-state index >= 15 is 0 Å². The second-order valence-electron chi connectivity index (χ2n) is 7.01. The van der Waals surface area contributed by atoms with Crippen molar-refractivity contribution in [2.75, 3.05) is 5.32 Å². The van der Waals surface area contributed by atoms with Gasteiger partial charge in [-0.15, -0.1) is 5.10 Å². The van der Waals surface area contributed by atoms with Gasteiger partial charge in [0.25, 0.3) is 11.8 Å². The number of nitrogens with one attached hydrogen (secondary N) is 1. The quantitative estimate of drug-likeness (QED) is 0.333. The summed E-state index contributed by atoms with van der Waals surface area (Å²) in [5.74, 6) is 0.279. The maximum absolute atomic E-state index is 12.7. The van der Waals surface area contributed by atoms with E-state index in [-0.39, 0.29) is 17.8 Å². The zero-order valence-corrected chi connectivity index (χ0v) is 17.4. The van der Waals surface area contributed by atoms with Gasteiger partial charge < -0.3 is 8.83 Å². The fourth-order valence-corrected chi connectivity index (χ4v) is 3.41. The summed E-state index contributed by atoms with van der Waals surface area (Å²) in [5, 5.41) is 11.1. The molecule has 0 radical (unpaired) electrons. The SMILES string of the molecule is O=C(Nc1nnc(-c2ccco2)o1)c1cccc(-c2ccc(-c3ccc(Cl)cc3)cc2)c1. The van der Waals surface area contributed by atoms with Crippen molar-refractivity contribution in [2.24, 2.45) is 0 Å². The molecule has 32 heavy (non-hydrogen) atoms. The highest BCUT2D eigenvalue weighted by Crippen LogP contribution is 2.27. The molecule has 0 fully saturated rings. The molecule has 0 atom stereocenters. The maximum atomic E-state index is 12.7. The monoisotopic (exact) mass is 441 g/mol. The van der Waals surface area contributed by atoms with Gasteiger partial charge in [-0.05, 0) is 58.7 Å². The van der Waals surface area contributed by atoms with E-state index in [4.69, 9.17) is 20.4 Å². The van der Waals surface area contributed by atoms with E-state index in [1.165, 1.54) is 6.26 Å². The molecule has 7 heteroatoms. The number of aromatic nitrogens is 2. The molecular formula is C25H16ClN3O3. The van der Waals surface area contributed by atoms with E-state index in [0.717, 1.165) is 22.3 Å². The molecule has 0 spiro atoms. The predicted octanol–water partition coefficient (Wildman–Crippen LogP) is 6.57. The molecule has 156 valence electrons. The lowest BCUT2D eigenvalue weighted by molar-refractivity contribution is 0.102.